The number of fused-ring (bicyclic) bond motifs is 1. The minimum absolute atomic E-state index is 0. The molecule has 0 aliphatic carbocycles. The minimum atomic E-state index is 0. The number of likely N-dealkylation sites (N-methyl/N-ethyl adjacent to an activating group) is 1. The summed E-state index contributed by atoms with van der Waals surface area (Å²) in [4.78, 5) is 2.44. The molecule has 0 saturated carbocycles. The molecule has 0 radical (unpaired) electrons. The fourth-order valence-corrected chi connectivity index (χ4v) is 4.33. The van der Waals surface area contributed by atoms with Crippen molar-refractivity contribution in [2.75, 3.05) is 26.7 Å². The molecule has 2 unspecified atom stereocenters. The highest BCUT2D eigenvalue weighted by molar-refractivity contribution is 6.07. The molecule has 148 valence electrons. The van der Waals surface area contributed by atoms with Crippen molar-refractivity contribution in [2.24, 2.45) is 11.0 Å². The molecular formula is C24H30ClN3. The van der Waals surface area contributed by atoms with Gasteiger partial charge in [0.1, 0.15) is 0 Å². The van der Waals surface area contributed by atoms with E-state index in [4.69, 9.17) is 5.10 Å². The van der Waals surface area contributed by atoms with E-state index < -0.39 is 0 Å². The maximum absolute atomic E-state index is 5.17. The number of benzene rings is 2. The lowest BCUT2D eigenvalue weighted by molar-refractivity contribution is 0.177. The van der Waals surface area contributed by atoms with Gasteiger partial charge in [-0.15, -0.1) is 12.4 Å². The number of hydrogen-bond donors (Lipinski definition) is 0. The van der Waals surface area contributed by atoms with Crippen molar-refractivity contribution in [2.45, 2.75) is 25.8 Å². The number of piperidine rings is 1. The van der Waals surface area contributed by atoms with Crippen LogP contribution in [0.2, 0.25) is 0 Å². The van der Waals surface area contributed by atoms with Gasteiger partial charge in [0.15, 0.2) is 0 Å². The van der Waals surface area contributed by atoms with E-state index in [1.807, 2.05) is 0 Å². The van der Waals surface area contributed by atoms with Crippen LogP contribution in [0.3, 0.4) is 0 Å². The number of halogens is 1. The lowest BCUT2D eigenvalue weighted by Gasteiger charge is -2.34. The smallest absolute Gasteiger partial charge is 0.0816 e. The molecule has 1 fully saturated rings. The van der Waals surface area contributed by atoms with E-state index >= 15 is 0 Å². The summed E-state index contributed by atoms with van der Waals surface area (Å²) in [5, 5.41) is 7.53. The lowest BCUT2D eigenvalue weighted by Crippen LogP contribution is -2.41. The summed E-state index contributed by atoms with van der Waals surface area (Å²) in [6.07, 6.45) is 4.70. The molecule has 4 rings (SSSR count). The van der Waals surface area contributed by atoms with Crippen molar-refractivity contribution < 1.29 is 0 Å². The van der Waals surface area contributed by atoms with E-state index in [1.165, 1.54) is 35.3 Å². The quantitative estimate of drug-likeness (QED) is 0.687. The first-order chi connectivity index (χ1) is 13.3. The molecule has 2 aliphatic rings. The second-order valence-electron chi connectivity index (χ2n) is 7.74. The first-order valence-electron chi connectivity index (χ1n) is 10.1. The Bertz CT molecular complexity index is 816. The molecule has 2 aromatic carbocycles. The van der Waals surface area contributed by atoms with Gasteiger partial charge < -0.3 is 4.90 Å². The third kappa shape index (κ3) is 4.31. The highest BCUT2D eigenvalue weighted by Crippen LogP contribution is 2.40. The second kappa shape index (κ2) is 9.40. The van der Waals surface area contributed by atoms with E-state index in [0.29, 0.717) is 12.0 Å². The first kappa shape index (κ1) is 20.6. The molecule has 0 aromatic heterocycles. The number of hydrazone groups is 1. The highest BCUT2D eigenvalue weighted by atomic mass is 35.5. The molecule has 0 N–H and O–H groups in total. The van der Waals surface area contributed by atoms with Gasteiger partial charge in [-0.2, -0.15) is 5.10 Å². The van der Waals surface area contributed by atoms with Crippen LogP contribution in [0.5, 0.6) is 0 Å². The first-order valence-corrected chi connectivity index (χ1v) is 10.1. The number of rotatable bonds is 5. The van der Waals surface area contributed by atoms with Gasteiger partial charge in [-0.05, 0) is 36.2 Å². The minimum Gasteiger partial charge on any atom is -0.301 e. The maximum Gasteiger partial charge on any atom is 0.0816 e. The summed E-state index contributed by atoms with van der Waals surface area (Å²) < 4.78 is 0. The predicted octanol–water partition coefficient (Wildman–Crippen LogP) is 5.27. The van der Waals surface area contributed by atoms with Gasteiger partial charge in [-0.3, -0.25) is 5.01 Å². The zero-order valence-corrected chi connectivity index (χ0v) is 17.6. The Kier molecular flexibility index (Phi) is 6.93. The van der Waals surface area contributed by atoms with Crippen LogP contribution in [0.4, 0.5) is 0 Å². The molecule has 0 bridgehead atoms. The van der Waals surface area contributed by atoms with Crippen molar-refractivity contribution in [3.63, 3.8) is 0 Å². The summed E-state index contributed by atoms with van der Waals surface area (Å²) in [6, 6.07) is 21.9. The molecule has 0 spiro atoms. The number of nitrogens with zero attached hydrogens (tertiary/aromatic N) is 3. The van der Waals surface area contributed by atoms with Gasteiger partial charge in [-0.1, -0.05) is 74.0 Å². The standard InChI is InChI=1S/C24H29N3.ClH/c1-3-4-15-27-24(20-13-9-6-10-14-20)22-18-26(2)17-21(23(22)25-27)16-19-11-7-5-8-12-19;/h5-14,16,22,24H,3-4,15,17-18H2,1-2H3;1H/b21-16+;. The van der Waals surface area contributed by atoms with E-state index in [0.717, 1.165) is 19.6 Å². The van der Waals surface area contributed by atoms with E-state index in [2.05, 4.69) is 90.6 Å². The zero-order chi connectivity index (χ0) is 18.6. The second-order valence-corrected chi connectivity index (χ2v) is 7.74. The Morgan fingerprint density at radius 1 is 1.04 bits per heavy atom. The Morgan fingerprint density at radius 3 is 2.39 bits per heavy atom. The van der Waals surface area contributed by atoms with Crippen LogP contribution in [0, 0.1) is 5.92 Å². The van der Waals surface area contributed by atoms with Crippen molar-refractivity contribution in [1.82, 2.24) is 9.91 Å². The number of likely N-dealkylation sites (tertiary alicyclic amines) is 1. The van der Waals surface area contributed by atoms with Crippen LogP contribution < -0.4 is 0 Å². The molecular weight excluding hydrogens is 366 g/mol. The van der Waals surface area contributed by atoms with E-state index in [1.54, 1.807) is 0 Å². The number of unbranched alkanes of at least 4 members (excludes halogenated alkanes) is 1. The summed E-state index contributed by atoms with van der Waals surface area (Å²) in [5.74, 6) is 0.429. The van der Waals surface area contributed by atoms with Crippen LogP contribution >= 0.6 is 12.4 Å². The number of hydrogen-bond acceptors (Lipinski definition) is 3. The lowest BCUT2D eigenvalue weighted by atomic mass is 9.83. The monoisotopic (exact) mass is 395 g/mol. The Labute approximate surface area is 175 Å². The largest absolute Gasteiger partial charge is 0.301 e. The Morgan fingerprint density at radius 2 is 1.71 bits per heavy atom. The van der Waals surface area contributed by atoms with Crippen molar-refractivity contribution in [3.8, 4) is 0 Å². The summed E-state index contributed by atoms with van der Waals surface area (Å²) >= 11 is 0. The van der Waals surface area contributed by atoms with Gasteiger partial charge in [0.2, 0.25) is 0 Å². The average Bonchev–Trinajstić information content (AvgIpc) is 3.06. The van der Waals surface area contributed by atoms with Crippen molar-refractivity contribution in [3.05, 3.63) is 77.4 Å². The Balaban J connectivity index is 0.00000225. The van der Waals surface area contributed by atoms with Crippen LogP contribution in [-0.2, 0) is 0 Å². The van der Waals surface area contributed by atoms with Gasteiger partial charge in [0, 0.05) is 25.6 Å². The molecule has 28 heavy (non-hydrogen) atoms. The van der Waals surface area contributed by atoms with Crippen molar-refractivity contribution >= 4 is 24.2 Å². The maximum atomic E-state index is 5.17. The summed E-state index contributed by atoms with van der Waals surface area (Å²) in [7, 11) is 2.23. The third-order valence-corrected chi connectivity index (χ3v) is 5.59. The van der Waals surface area contributed by atoms with Gasteiger partial charge in [-0.25, -0.2) is 0 Å². The van der Waals surface area contributed by atoms with Gasteiger partial charge in [0.25, 0.3) is 0 Å². The SMILES string of the molecule is CCCCN1N=C2/C(=C/c3ccccc3)CN(C)CC2C1c1ccccc1.Cl. The van der Waals surface area contributed by atoms with Crippen LogP contribution in [0.25, 0.3) is 6.08 Å². The van der Waals surface area contributed by atoms with Gasteiger partial charge in [0.05, 0.1) is 11.8 Å². The molecule has 3 nitrogen and oxygen atoms in total. The molecule has 2 heterocycles. The van der Waals surface area contributed by atoms with E-state index in [9.17, 15) is 0 Å². The molecule has 0 amide bonds. The molecule has 1 saturated heterocycles. The fraction of sp³-hybridized carbons (Fsp3) is 0.375. The molecule has 4 heteroatoms. The van der Waals surface area contributed by atoms with Gasteiger partial charge >= 0.3 is 0 Å². The predicted molar refractivity (Wildman–Crippen MR) is 121 cm³/mol. The van der Waals surface area contributed by atoms with Crippen LogP contribution in [0.15, 0.2) is 71.3 Å². The normalized spacial score (nSPS) is 23.3. The Hall–Kier alpha value is -2.10. The van der Waals surface area contributed by atoms with E-state index in [-0.39, 0.29) is 12.4 Å². The molecule has 2 atom stereocenters. The summed E-state index contributed by atoms with van der Waals surface area (Å²) in [5.41, 5.74) is 5.29. The molecule has 2 aliphatic heterocycles. The van der Waals surface area contributed by atoms with Crippen LogP contribution in [0.1, 0.15) is 36.9 Å². The summed E-state index contributed by atoms with van der Waals surface area (Å²) in [6.45, 7) is 5.31. The van der Waals surface area contributed by atoms with Crippen molar-refractivity contribution in [1.29, 1.82) is 0 Å². The third-order valence-electron chi connectivity index (χ3n) is 5.59. The topological polar surface area (TPSA) is 18.8 Å². The average molecular weight is 396 g/mol. The van der Waals surface area contributed by atoms with Crippen LogP contribution in [-0.4, -0.2) is 42.3 Å². The zero-order valence-electron chi connectivity index (χ0n) is 16.8. The highest BCUT2D eigenvalue weighted by Gasteiger charge is 2.42. The fourth-order valence-electron chi connectivity index (χ4n) is 4.33. The molecule has 2 aromatic rings.